The lowest BCUT2D eigenvalue weighted by atomic mass is 9.74. The molecule has 0 fully saturated rings. The molecule has 0 amide bonds. The minimum Gasteiger partial charge on any atom is -0.0873 e. The number of hydrogen-bond donors (Lipinski definition) is 0. The molecular formula is C21H22. The van der Waals surface area contributed by atoms with Gasteiger partial charge in [-0.2, -0.15) is 0 Å². The normalized spacial score (nSPS) is 18.4. The molecule has 0 heterocycles. The van der Waals surface area contributed by atoms with Crippen LogP contribution in [-0.2, 0) is 5.41 Å². The molecule has 0 unspecified atom stereocenters. The third kappa shape index (κ3) is 1.82. The molecule has 2 aliphatic carbocycles. The van der Waals surface area contributed by atoms with Crippen LogP contribution in [0.3, 0.4) is 0 Å². The molecule has 0 bridgehead atoms. The molecule has 0 saturated carbocycles. The SMILES string of the molecule is Cc1ccc2c(c1)C1(C=CCCCC1)c1cc(C)ccc1-2. The summed E-state index contributed by atoms with van der Waals surface area (Å²) in [5, 5.41) is 0. The highest BCUT2D eigenvalue weighted by atomic mass is 14.4. The van der Waals surface area contributed by atoms with Gasteiger partial charge in [-0.1, -0.05) is 66.1 Å². The zero-order valence-electron chi connectivity index (χ0n) is 12.9. The Kier molecular flexibility index (Phi) is 2.82. The second-order valence-electron chi connectivity index (χ2n) is 6.72. The molecule has 21 heavy (non-hydrogen) atoms. The standard InChI is InChI=1S/C21H22/c1-15-7-9-17-18-10-8-16(2)14-20(18)21(19(17)13-15)11-5-3-4-6-12-21/h5,7-11,13-14H,3-4,6,12H2,1-2H3. The molecule has 106 valence electrons. The summed E-state index contributed by atoms with van der Waals surface area (Å²) in [4.78, 5) is 0. The van der Waals surface area contributed by atoms with Crippen molar-refractivity contribution >= 4 is 0 Å². The predicted octanol–water partition coefficient (Wildman–Crippen LogP) is 5.70. The highest BCUT2D eigenvalue weighted by Gasteiger charge is 2.41. The van der Waals surface area contributed by atoms with Gasteiger partial charge in [-0.25, -0.2) is 0 Å². The van der Waals surface area contributed by atoms with Crippen molar-refractivity contribution < 1.29 is 0 Å². The molecule has 0 N–H and O–H groups in total. The predicted molar refractivity (Wildman–Crippen MR) is 89.7 cm³/mol. The van der Waals surface area contributed by atoms with Gasteiger partial charge in [-0.05, 0) is 55.4 Å². The molecule has 0 aromatic heterocycles. The van der Waals surface area contributed by atoms with E-state index in [1.54, 1.807) is 0 Å². The summed E-state index contributed by atoms with van der Waals surface area (Å²) in [6.07, 6.45) is 10.0. The molecule has 1 spiro atoms. The number of aryl methyl sites for hydroxylation is 2. The third-order valence-corrected chi connectivity index (χ3v) is 5.20. The van der Waals surface area contributed by atoms with E-state index in [9.17, 15) is 0 Å². The summed E-state index contributed by atoms with van der Waals surface area (Å²) in [5.74, 6) is 0. The molecule has 0 nitrogen and oxygen atoms in total. The minimum absolute atomic E-state index is 0.124. The number of rotatable bonds is 0. The summed E-state index contributed by atoms with van der Waals surface area (Å²) in [6, 6.07) is 14.0. The quantitative estimate of drug-likeness (QED) is 0.540. The van der Waals surface area contributed by atoms with Gasteiger partial charge in [0.05, 0.1) is 0 Å². The topological polar surface area (TPSA) is 0 Å². The van der Waals surface area contributed by atoms with E-state index in [1.807, 2.05) is 0 Å². The molecule has 4 rings (SSSR count). The lowest BCUT2D eigenvalue weighted by Gasteiger charge is -2.28. The number of allylic oxidation sites excluding steroid dienone is 2. The molecule has 2 aliphatic rings. The van der Waals surface area contributed by atoms with Gasteiger partial charge in [-0.3, -0.25) is 0 Å². The first-order valence-electron chi connectivity index (χ1n) is 8.11. The monoisotopic (exact) mass is 274 g/mol. The Balaban J connectivity index is 2.06. The zero-order valence-corrected chi connectivity index (χ0v) is 12.9. The fraction of sp³-hybridized carbons (Fsp3) is 0.333. The van der Waals surface area contributed by atoms with Gasteiger partial charge >= 0.3 is 0 Å². The Hall–Kier alpha value is -1.82. The van der Waals surface area contributed by atoms with Crippen molar-refractivity contribution in [2.24, 2.45) is 0 Å². The van der Waals surface area contributed by atoms with Crippen LogP contribution >= 0.6 is 0 Å². The van der Waals surface area contributed by atoms with Gasteiger partial charge in [0.2, 0.25) is 0 Å². The highest BCUT2D eigenvalue weighted by molar-refractivity contribution is 5.83. The van der Waals surface area contributed by atoms with Crippen LogP contribution in [-0.4, -0.2) is 0 Å². The van der Waals surface area contributed by atoms with Crippen LogP contribution in [0.1, 0.15) is 47.9 Å². The first-order chi connectivity index (χ1) is 10.2. The van der Waals surface area contributed by atoms with Crippen molar-refractivity contribution in [3.8, 4) is 11.1 Å². The Morgan fingerprint density at radius 2 is 1.43 bits per heavy atom. The summed E-state index contributed by atoms with van der Waals surface area (Å²) < 4.78 is 0. The second-order valence-corrected chi connectivity index (χ2v) is 6.72. The van der Waals surface area contributed by atoms with Crippen molar-refractivity contribution in [2.45, 2.75) is 44.9 Å². The second kappa shape index (κ2) is 4.59. The smallest absolute Gasteiger partial charge is 0.0394 e. The van der Waals surface area contributed by atoms with Crippen molar-refractivity contribution in [2.75, 3.05) is 0 Å². The van der Waals surface area contributed by atoms with E-state index in [0.717, 1.165) is 0 Å². The molecule has 2 aromatic rings. The van der Waals surface area contributed by atoms with Gasteiger partial charge < -0.3 is 0 Å². The third-order valence-electron chi connectivity index (χ3n) is 5.20. The number of benzene rings is 2. The van der Waals surface area contributed by atoms with Crippen molar-refractivity contribution in [3.05, 3.63) is 70.8 Å². The van der Waals surface area contributed by atoms with Gasteiger partial charge in [0.25, 0.3) is 0 Å². The number of hydrogen-bond acceptors (Lipinski definition) is 0. The fourth-order valence-corrected chi connectivity index (χ4v) is 4.15. The average Bonchev–Trinajstić information content (AvgIpc) is 2.65. The Morgan fingerprint density at radius 3 is 2.05 bits per heavy atom. The molecule has 2 aromatic carbocycles. The largest absolute Gasteiger partial charge is 0.0873 e. The maximum atomic E-state index is 2.50. The highest BCUT2D eigenvalue weighted by Crippen LogP contribution is 2.53. The summed E-state index contributed by atoms with van der Waals surface area (Å²) in [6.45, 7) is 4.42. The fourth-order valence-electron chi connectivity index (χ4n) is 4.15. The van der Waals surface area contributed by atoms with E-state index < -0.39 is 0 Å². The molecule has 0 aliphatic heterocycles. The van der Waals surface area contributed by atoms with E-state index in [1.165, 1.54) is 59.1 Å². The van der Waals surface area contributed by atoms with Gasteiger partial charge in [0.1, 0.15) is 0 Å². The first-order valence-corrected chi connectivity index (χ1v) is 8.11. The lowest BCUT2D eigenvalue weighted by molar-refractivity contribution is 0.562. The Bertz CT molecular complexity index is 682. The Labute approximate surface area is 127 Å². The van der Waals surface area contributed by atoms with E-state index in [0.29, 0.717) is 0 Å². The van der Waals surface area contributed by atoms with Gasteiger partial charge in [0.15, 0.2) is 0 Å². The maximum Gasteiger partial charge on any atom is 0.0394 e. The molecule has 0 saturated heterocycles. The van der Waals surface area contributed by atoms with Crippen molar-refractivity contribution in [3.63, 3.8) is 0 Å². The van der Waals surface area contributed by atoms with E-state index in [4.69, 9.17) is 0 Å². The lowest BCUT2D eigenvalue weighted by Crippen LogP contribution is -2.22. The van der Waals surface area contributed by atoms with Crippen molar-refractivity contribution in [1.82, 2.24) is 0 Å². The van der Waals surface area contributed by atoms with E-state index in [2.05, 4.69) is 62.4 Å². The molecule has 0 radical (unpaired) electrons. The van der Waals surface area contributed by atoms with Gasteiger partial charge in [0, 0.05) is 5.41 Å². The van der Waals surface area contributed by atoms with Crippen molar-refractivity contribution in [1.29, 1.82) is 0 Å². The number of fused-ring (bicyclic) bond motifs is 5. The van der Waals surface area contributed by atoms with E-state index in [-0.39, 0.29) is 5.41 Å². The maximum absolute atomic E-state index is 2.50. The van der Waals surface area contributed by atoms with Crippen LogP contribution in [0.15, 0.2) is 48.6 Å². The minimum atomic E-state index is 0.124. The van der Waals surface area contributed by atoms with Crippen LogP contribution in [0.4, 0.5) is 0 Å². The Morgan fingerprint density at radius 1 is 0.810 bits per heavy atom. The van der Waals surface area contributed by atoms with Crippen LogP contribution < -0.4 is 0 Å². The summed E-state index contributed by atoms with van der Waals surface area (Å²) in [5.41, 5.74) is 8.82. The van der Waals surface area contributed by atoms with E-state index >= 15 is 0 Å². The zero-order chi connectivity index (χ0) is 14.4. The first kappa shape index (κ1) is 12.9. The van der Waals surface area contributed by atoms with Crippen LogP contribution in [0, 0.1) is 13.8 Å². The molecular weight excluding hydrogens is 252 g/mol. The summed E-state index contributed by atoms with van der Waals surface area (Å²) in [7, 11) is 0. The van der Waals surface area contributed by atoms with Crippen LogP contribution in [0.5, 0.6) is 0 Å². The molecule has 0 heteroatoms. The molecule has 0 atom stereocenters. The average molecular weight is 274 g/mol. The van der Waals surface area contributed by atoms with Crippen LogP contribution in [0.2, 0.25) is 0 Å². The summed E-state index contributed by atoms with van der Waals surface area (Å²) >= 11 is 0. The van der Waals surface area contributed by atoms with Crippen LogP contribution in [0.25, 0.3) is 11.1 Å². The van der Waals surface area contributed by atoms with Gasteiger partial charge in [-0.15, -0.1) is 0 Å².